The maximum atomic E-state index is 12.2. The van der Waals surface area contributed by atoms with Crippen molar-refractivity contribution >= 4 is 34.0 Å². The summed E-state index contributed by atoms with van der Waals surface area (Å²) in [7, 11) is 0. The Hall–Kier alpha value is -2.78. The summed E-state index contributed by atoms with van der Waals surface area (Å²) in [6.07, 6.45) is 4.15. The number of nitrogens with one attached hydrogen (secondary N) is 2. The molecule has 3 aromatic rings. The molecule has 0 bridgehead atoms. The average Bonchev–Trinajstić information content (AvgIpc) is 3.33. The summed E-state index contributed by atoms with van der Waals surface area (Å²) >= 11 is 5.90. The Balaban J connectivity index is 0.000000569. The molecular weight excluding hydrogens is 338 g/mol. The lowest BCUT2D eigenvalue weighted by Gasteiger charge is -2.03. The summed E-state index contributed by atoms with van der Waals surface area (Å²) in [5.74, 6) is 1.27. The Morgan fingerprint density at radius 3 is 2.68 bits per heavy atom. The van der Waals surface area contributed by atoms with Crippen molar-refractivity contribution in [2.45, 2.75) is 26.3 Å². The van der Waals surface area contributed by atoms with Gasteiger partial charge in [0.25, 0.3) is 5.56 Å². The fraction of sp³-hybridized carbons (Fsp3) is 0.278. The van der Waals surface area contributed by atoms with Gasteiger partial charge < -0.3 is 10.3 Å². The standard InChI is InChI=1S/C16H15ClN4O.C2H3N/c17-11-3-5-12(6-4-11)19-15-14-13(7-8-18-16(14)22)21(20-15)9-10-1-2-10;1-2-3/h3-8,10H,1-2,9H2,(H,18,22)(H,19,20);1H3. The van der Waals surface area contributed by atoms with Gasteiger partial charge in [-0.1, -0.05) is 11.6 Å². The molecule has 2 heterocycles. The van der Waals surface area contributed by atoms with Crippen LogP contribution >= 0.6 is 11.6 Å². The van der Waals surface area contributed by atoms with E-state index in [1.807, 2.05) is 22.9 Å². The van der Waals surface area contributed by atoms with Crippen LogP contribution in [0.15, 0.2) is 41.3 Å². The topological polar surface area (TPSA) is 86.5 Å². The van der Waals surface area contributed by atoms with Gasteiger partial charge in [-0.3, -0.25) is 9.48 Å². The highest BCUT2D eigenvalue weighted by Gasteiger charge is 2.24. The van der Waals surface area contributed by atoms with E-state index in [2.05, 4.69) is 15.4 Å². The minimum atomic E-state index is -0.129. The van der Waals surface area contributed by atoms with E-state index in [0.29, 0.717) is 22.1 Å². The van der Waals surface area contributed by atoms with Gasteiger partial charge in [-0.25, -0.2) is 0 Å². The zero-order chi connectivity index (χ0) is 17.8. The molecule has 1 fully saturated rings. The number of benzene rings is 1. The Kier molecular flexibility index (Phi) is 5.05. The number of pyridine rings is 1. The maximum absolute atomic E-state index is 12.2. The molecule has 7 heteroatoms. The Bertz CT molecular complexity index is 964. The average molecular weight is 356 g/mol. The molecule has 6 nitrogen and oxygen atoms in total. The van der Waals surface area contributed by atoms with Crippen molar-refractivity contribution in [3.05, 3.63) is 51.9 Å². The van der Waals surface area contributed by atoms with Crippen molar-refractivity contribution in [2.24, 2.45) is 5.92 Å². The number of H-pyrrole nitrogens is 1. The number of hydrogen-bond acceptors (Lipinski definition) is 4. The van der Waals surface area contributed by atoms with E-state index in [9.17, 15) is 4.79 Å². The van der Waals surface area contributed by atoms with E-state index in [1.165, 1.54) is 19.8 Å². The molecule has 2 N–H and O–H groups in total. The molecule has 1 aliphatic carbocycles. The smallest absolute Gasteiger partial charge is 0.261 e. The van der Waals surface area contributed by atoms with Crippen LogP contribution in [0.3, 0.4) is 0 Å². The molecule has 0 saturated heterocycles. The van der Waals surface area contributed by atoms with Gasteiger partial charge >= 0.3 is 0 Å². The molecule has 2 aromatic heterocycles. The first kappa shape index (κ1) is 17.1. The van der Waals surface area contributed by atoms with Gasteiger partial charge in [0.05, 0.1) is 11.6 Å². The first-order valence-electron chi connectivity index (χ1n) is 8.04. The lowest BCUT2D eigenvalue weighted by atomic mass is 10.3. The van der Waals surface area contributed by atoms with Crippen molar-refractivity contribution in [3.8, 4) is 6.07 Å². The molecule has 4 rings (SSSR count). The number of anilines is 2. The molecule has 0 unspecified atom stereocenters. The van der Waals surface area contributed by atoms with Gasteiger partial charge in [0.15, 0.2) is 5.82 Å². The third kappa shape index (κ3) is 4.01. The molecule has 1 saturated carbocycles. The first-order valence-corrected chi connectivity index (χ1v) is 8.41. The number of aromatic amines is 1. The molecule has 1 aliphatic rings. The second-order valence-corrected chi connectivity index (χ2v) is 6.33. The van der Waals surface area contributed by atoms with E-state index in [-0.39, 0.29) is 5.56 Å². The van der Waals surface area contributed by atoms with Crippen LogP contribution in [-0.2, 0) is 6.54 Å². The molecule has 0 atom stereocenters. The van der Waals surface area contributed by atoms with Crippen molar-refractivity contribution in [2.75, 3.05) is 5.32 Å². The van der Waals surface area contributed by atoms with Gasteiger partial charge in [-0.05, 0) is 49.1 Å². The summed E-state index contributed by atoms with van der Waals surface area (Å²) in [5, 5.41) is 16.4. The minimum absolute atomic E-state index is 0.129. The van der Waals surface area contributed by atoms with E-state index in [4.69, 9.17) is 16.9 Å². The Morgan fingerprint density at radius 2 is 2.04 bits per heavy atom. The Morgan fingerprint density at radius 1 is 1.36 bits per heavy atom. The summed E-state index contributed by atoms with van der Waals surface area (Å²) in [4.78, 5) is 14.9. The highest BCUT2D eigenvalue weighted by atomic mass is 35.5. The number of hydrogen-bond donors (Lipinski definition) is 2. The van der Waals surface area contributed by atoms with E-state index >= 15 is 0 Å². The van der Waals surface area contributed by atoms with Crippen LogP contribution in [0.25, 0.3) is 10.9 Å². The monoisotopic (exact) mass is 355 g/mol. The molecule has 128 valence electrons. The van der Waals surface area contributed by atoms with Crippen LogP contribution in [0.1, 0.15) is 19.8 Å². The third-order valence-electron chi connectivity index (χ3n) is 3.91. The van der Waals surface area contributed by atoms with Crippen LogP contribution in [-0.4, -0.2) is 14.8 Å². The molecule has 0 aliphatic heterocycles. The summed E-state index contributed by atoms with van der Waals surface area (Å²) in [6.45, 7) is 2.29. The molecular formula is C18H18ClN5O. The van der Waals surface area contributed by atoms with Crippen molar-refractivity contribution in [1.82, 2.24) is 14.8 Å². The quantitative estimate of drug-likeness (QED) is 0.738. The predicted octanol–water partition coefficient (Wildman–Crippen LogP) is 4.06. The van der Waals surface area contributed by atoms with Gasteiger partial charge in [0.1, 0.15) is 5.39 Å². The SMILES string of the molecule is CC#N.O=c1[nH]ccc2c1c(Nc1ccc(Cl)cc1)nn2CC1CC1. The van der Waals surface area contributed by atoms with Crippen LogP contribution < -0.4 is 10.9 Å². The number of halogens is 1. The Labute approximate surface area is 150 Å². The highest BCUT2D eigenvalue weighted by Crippen LogP contribution is 2.32. The second-order valence-electron chi connectivity index (χ2n) is 5.90. The van der Waals surface area contributed by atoms with Crippen LogP contribution in [0.4, 0.5) is 11.5 Å². The molecule has 1 aromatic carbocycles. The zero-order valence-electron chi connectivity index (χ0n) is 13.8. The highest BCUT2D eigenvalue weighted by molar-refractivity contribution is 6.30. The number of aromatic nitrogens is 3. The van der Waals surface area contributed by atoms with Crippen LogP contribution in [0, 0.1) is 17.2 Å². The molecule has 25 heavy (non-hydrogen) atoms. The van der Waals surface area contributed by atoms with Crippen molar-refractivity contribution < 1.29 is 0 Å². The maximum Gasteiger partial charge on any atom is 0.261 e. The van der Waals surface area contributed by atoms with E-state index in [0.717, 1.165) is 17.7 Å². The largest absolute Gasteiger partial charge is 0.338 e. The summed E-state index contributed by atoms with van der Waals surface area (Å²) in [6, 6.07) is 11.0. The zero-order valence-corrected chi connectivity index (χ0v) is 14.5. The number of nitriles is 1. The first-order chi connectivity index (χ1) is 12.1. The van der Waals surface area contributed by atoms with E-state index < -0.39 is 0 Å². The number of fused-ring (bicyclic) bond motifs is 1. The second kappa shape index (κ2) is 7.41. The van der Waals surface area contributed by atoms with Crippen molar-refractivity contribution in [1.29, 1.82) is 5.26 Å². The third-order valence-corrected chi connectivity index (χ3v) is 4.16. The number of nitrogens with zero attached hydrogens (tertiary/aromatic N) is 3. The van der Waals surface area contributed by atoms with Gasteiger partial charge in [-0.2, -0.15) is 10.4 Å². The lowest BCUT2D eigenvalue weighted by Crippen LogP contribution is -2.06. The van der Waals surface area contributed by atoms with Gasteiger partial charge in [0.2, 0.25) is 0 Å². The summed E-state index contributed by atoms with van der Waals surface area (Å²) < 4.78 is 1.93. The predicted molar refractivity (Wildman–Crippen MR) is 99.1 cm³/mol. The fourth-order valence-corrected chi connectivity index (χ4v) is 2.70. The minimum Gasteiger partial charge on any atom is -0.338 e. The fourth-order valence-electron chi connectivity index (χ4n) is 2.58. The lowest BCUT2D eigenvalue weighted by molar-refractivity contribution is 0.582. The molecule has 0 radical (unpaired) electrons. The normalized spacial score (nSPS) is 13.0. The van der Waals surface area contributed by atoms with E-state index in [1.54, 1.807) is 24.4 Å². The molecule has 0 spiro atoms. The van der Waals surface area contributed by atoms with Crippen LogP contribution in [0.5, 0.6) is 0 Å². The van der Waals surface area contributed by atoms with Gasteiger partial charge in [-0.15, -0.1) is 0 Å². The van der Waals surface area contributed by atoms with Crippen molar-refractivity contribution in [3.63, 3.8) is 0 Å². The molecule has 0 amide bonds. The van der Waals surface area contributed by atoms with Gasteiger partial charge in [0, 0.05) is 30.4 Å². The summed E-state index contributed by atoms with van der Waals surface area (Å²) in [5.41, 5.74) is 1.59. The number of rotatable bonds is 4. The van der Waals surface area contributed by atoms with Crippen LogP contribution in [0.2, 0.25) is 5.02 Å².